The Kier molecular flexibility index (Phi) is 7.72. The first-order chi connectivity index (χ1) is 9.22. The molecule has 3 nitrogen and oxygen atoms in total. The molecule has 0 aliphatic carbocycles. The van der Waals surface area contributed by atoms with Crippen LogP contribution in [0.5, 0.6) is 0 Å². The van der Waals surface area contributed by atoms with Crippen molar-refractivity contribution >= 4 is 0 Å². The molecule has 1 aromatic carbocycles. The van der Waals surface area contributed by atoms with E-state index in [1.165, 1.54) is 5.56 Å². The van der Waals surface area contributed by atoms with Crippen LogP contribution < -0.4 is 5.32 Å². The Hall–Kier alpha value is -0.900. The first-order valence-electron chi connectivity index (χ1n) is 7.34. The standard InChI is InChI=1S/C16H28N2O/c1-4-18(5-2)12-11-17-16(13-19)14(3)15-9-7-6-8-10-15/h6-10,14,16-17,19H,4-5,11-13H2,1-3H3. The molecule has 0 aromatic heterocycles. The summed E-state index contributed by atoms with van der Waals surface area (Å²) in [6.45, 7) is 10.8. The molecule has 0 saturated heterocycles. The first-order valence-corrected chi connectivity index (χ1v) is 7.34. The molecule has 1 rings (SSSR count). The molecule has 0 aliphatic heterocycles. The van der Waals surface area contributed by atoms with E-state index in [4.69, 9.17) is 0 Å². The molecule has 0 bridgehead atoms. The Morgan fingerprint density at radius 2 is 1.79 bits per heavy atom. The summed E-state index contributed by atoms with van der Waals surface area (Å²) in [4.78, 5) is 2.38. The molecule has 1 aromatic rings. The highest BCUT2D eigenvalue weighted by molar-refractivity contribution is 5.20. The second-order valence-corrected chi connectivity index (χ2v) is 4.97. The average Bonchev–Trinajstić information content (AvgIpc) is 2.48. The molecule has 2 N–H and O–H groups in total. The zero-order valence-electron chi connectivity index (χ0n) is 12.5. The molecule has 2 atom stereocenters. The van der Waals surface area contributed by atoms with Gasteiger partial charge < -0.3 is 15.3 Å². The monoisotopic (exact) mass is 264 g/mol. The van der Waals surface area contributed by atoms with Crippen LogP contribution in [-0.2, 0) is 0 Å². The maximum Gasteiger partial charge on any atom is 0.0590 e. The summed E-state index contributed by atoms with van der Waals surface area (Å²) in [5.74, 6) is 0.322. The smallest absolute Gasteiger partial charge is 0.0590 e. The topological polar surface area (TPSA) is 35.5 Å². The van der Waals surface area contributed by atoms with E-state index in [1.807, 2.05) is 6.07 Å². The molecule has 0 amide bonds. The lowest BCUT2D eigenvalue weighted by Crippen LogP contribution is -2.41. The molecule has 0 fully saturated rings. The van der Waals surface area contributed by atoms with Gasteiger partial charge in [-0.3, -0.25) is 0 Å². The van der Waals surface area contributed by atoms with Crippen LogP contribution in [0.1, 0.15) is 32.3 Å². The van der Waals surface area contributed by atoms with Crippen LogP contribution in [0.15, 0.2) is 30.3 Å². The zero-order valence-corrected chi connectivity index (χ0v) is 12.5. The normalized spacial score (nSPS) is 14.6. The number of hydrogen-bond donors (Lipinski definition) is 2. The predicted octanol–water partition coefficient (Wildman–Crippen LogP) is 2.08. The van der Waals surface area contributed by atoms with E-state index in [-0.39, 0.29) is 12.6 Å². The van der Waals surface area contributed by atoms with Gasteiger partial charge in [-0.15, -0.1) is 0 Å². The van der Waals surface area contributed by atoms with Gasteiger partial charge in [0.05, 0.1) is 6.61 Å². The van der Waals surface area contributed by atoms with Crippen LogP contribution in [0.2, 0.25) is 0 Å². The van der Waals surface area contributed by atoms with Gasteiger partial charge in [0.1, 0.15) is 0 Å². The third-order valence-corrected chi connectivity index (χ3v) is 3.85. The van der Waals surface area contributed by atoms with E-state index in [9.17, 15) is 5.11 Å². The van der Waals surface area contributed by atoms with E-state index >= 15 is 0 Å². The summed E-state index contributed by atoms with van der Waals surface area (Å²) >= 11 is 0. The Labute approximate surface area is 117 Å². The van der Waals surface area contributed by atoms with Crippen LogP contribution in [0, 0.1) is 0 Å². The van der Waals surface area contributed by atoms with E-state index in [1.54, 1.807) is 0 Å². The quantitative estimate of drug-likeness (QED) is 0.717. The van der Waals surface area contributed by atoms with Gasteiger partial charge in [0, 0.05) is 19.1 Å². The molecule has 2 unspecified atom stereocenters. The Balaban J connectivity index is 2.45. The van der Waals surface area contributed by atoms with Crippen molar-refractivity contribution in [2.45, 2.75) is 32.7 Å². The summed E-state index contributed by atoms with van der Waals surface area (Å²) in [5, 5.41) is 13.0. The Bertz CT molecular complexity index is 325. The van der Waals surface area contributed by atoms with Gasteiger partial charge >= 0.3 is 0 Å². The van der Waals surface area contributed by atoms with Gasteiger partial charge in [0.25, 0.3) is 0 Å². The van der Waals surface area contributed by atoms with Gasteiger partial charge in [-0.25, -0.2) is 0 Å². The van der Waals surface area contributed by atoms with Gasteiger partial charge in [0.2, 0.25) is 0 Å². The molecule has 0 saturated carbocycles. The minimum atomic E-state index is 0.123. The lowest BCUT2D eigenvalue weighted by Gasteiger charge is -2.25. The minimum absolute atomic E-state index is 0.123. The molecule has 108 valence electrons. The molecular formula is C16H28N2O. The lowest BCUT2D eigenvalue weighted by molar-refractivity contribution is 0.217. The predicted molar refractivity (Wildman–Crippen MR) is 81.5 cm³/mol. The molecule has 0 heterocycles. The second kappa shape index (κ2) is 9.08. The average molecular weight is 264 g/mol. The van der Waals surface area contributed by atoms with Crippen molar-refractivity contribution in [1.29, 1.82) is 0 Å². The van der Waals surface area contributed by atoms with Crippen molar-refractivity contribution in [1.82, 2.24) is 10.2 Å². The summed E-state index contributed by atoms with van der Waals surface area (Å²) < 4.78 is 0. The van der Waals surface area contributed by atoms with Crippen LogP contribution >= 0.6 is 0 Å². The summed E-state index contributed by atoms with van der Waals surface area (Å²) in [6.07, 6.45) is 0. The van der Waals surface area contributed by atoms with Gasteiger partial charge in [-0.2, -0.15) is 0 Å². The largest absolute Gasteiger partial charge is 0.395 e. The van der Waals surface area contributed by atoms with Gasteiger partial charge in [0.15, 0.2) is 0 Å². The van der Waals surface area contributed by atoms with Crippen molar-refractivity contribution in [2.75, 3.05) is 32.8 Å². The summed E-state index contributed by atoms with van der Waals surface area (Å²) in [7, 11) is 0. The number of nitrogens with one attached hydrogen (secondary N) is 1. The van der Waals surface area contributed by atoms with Crippen LogP contribution in [0.3, 0.4) is 0 Å². The lowest BCUT2D eigenvalue weighted by atomic mass is 9.94. The Morgan fingerprint density at radius 1 is 1.16 bits per heavy atom. The molecule has 0 aliphatic rings. The van der Waals surface area contributed by atoms with E-state index in [2.05, 4.69) is 55.3 Å². The zero-order chi connectivity index (χ0) is 14.1. The highest BCUT2D eigenvalue weighted by Crippen LogP contribution is 2.18. The number of aliphatic hydroxyl groups excluding tert-OH is 1. The summed E-state index contributed by atoms with van der Waals surface area (Å²) in [5.41, 5.74) is 1.27. The van der Waals surface area contributed by atoms with Crippen molar-refractivity contribution in [3.63, 3.8) is 0 Å². The third kappa shape index (κ3) is 5.31. The highest BCUT2D eigenvalue weighted by atomic mass is 16.3. The number of benzene rings is 1. The number of aliphatic hydroxyl groups is 1. The highest BCUT2D eigenvalue weighted by Gasteiger charge is 2.17. The van der Waals surface area contributed by atoms with Crippen LogP contribution in [-0.4, -0.2) is 48.8 Å². The van der Waals surface area contributed by atoms with E-state index in [0.29, 0.717) is 5.92 Å². The minimum Gasteiger partial charge on any atom is -0.395 e. The number of hydrogen-bond acceptors (Lipinski definition) is 3. The number of likely N-dealkylation sites (N-methyl/N-ethyl adjacent to an activating group) is 1. The SMILES string of the molecule is CCN(CC)CCNC(CO)C(C)c1ccccc1. The van der Waals surface area contributed by atoms with Crippen LogP contribution in [0.25, 0.3) is 0 Å². The molecular weight excluding hydrogens is 236 g/mol. The maximum absolute atomic E-state index is 9.56. The fraction of sp³-hybridized carbons (Fsp3) is 0.625. The van der Waals surface area contributed by atoms with Crippen molar-refractivity contribution in [3.05, 3.63) is 35.9 Å². The van der Waals surface area contributed by atoms with Gasteiger partial charge in [-0.05, 0) is 24.6 Å². The molecule has 3 heteroatoms. The fourth-order valence-electron chi connectivity index (χ4n) is 2.34. The molecule has 0 radical (unpaired) electrons. The summed E-state index contributed by atoms with van der Waals surface area (Å²) in [6, 6.07) is 10.5. The number of nitrogens with zero attached hydrogens (tertiary/aromatic N) is 1. The maximum atomic E-state index is 9.56. The van der Waals surface area contributed by atoms with E-state index < -0.39 is 0 Å². The van der Waals surface area contributed by atoms with Crippen LogP contribution in [0.4, 0.5) is 0 Å². The van der Waals surface area contributed by atoms with Crippen molar-refractivity contribution in [2.24, 2.45) is 0 Å². The van der Waals surface area contributed by atoms with E-state index in [0.717, 1.165) is 26.2 Å². The Morgan fingerprint density at radius 3 is 2.32 bits per heavy atom. The van der Waals surface area contributed by atoms with Crippen molar-refractivity contribution in [3.8, 4) is 0 Å². The molecule has 19 heavy (non-hydrogen) atoms. The first kappa shape index (κ1) is 16.2. The van der Waals surface area contributed by atoms with Crippen molar-refractivity contribution < 1.29 is 5.11 Å². The third-order valence-electron chi connectivity index (χ3n) is 3.85. The fourth-order valence-corrected chi connectivity index (χ4v) is 2.34. The second-order valence-electron chi connectivity index (χ2n) is 4.97. The van der Waals surface area contributed by atoms with Gasteiger partial charge in [-0.1, -0.05) is 51.1 Å². The number of rotatable bonds is 9. The molecule has 0 spiro atoms.